The number of rotatable bonds is 3. The summed E-state index contributed by atoms with van der Waals surface area (Å²) in [6, 6.07) is 4.52. The van der Waals surface area contributed by atoms with Crippen LogP contribution in [0.15, 0.2) is 18.3 Å². The molecule has 1 aromatic rings. The number of nitrogens with zero attached hydrogens (tertiary/aromatic N) is 1. The van der Waals surface area contributed by atoms with E-state index in [4.69, 9.17) is 0 Å². The van der Waals surface area contributed by atoms with Gasteiger partial charge in [-0.2, -0.15) is 0 Å². The van der Waals surface area contributed by atoms with Crippen molar-refractivity contribution < 1.29 is 4.79 Å². The molecular weight excluding hydrogens is 200 g/mol. The van der Waals surface area contributed by atoms with Crippen molar-refractivity contribution in [2.75, 3.05) is 13.1 Å². The summed E-state index contributed by atoms with van der Waals surface area (Å²) in [6.07, 6.45) is 6.54. The number of carbonyl (C=O) groups is 1. The van der Waals surface area contributed by atoms with E-state index < -0.39 is 0 Å². The van der Waals surface area contributed by atoms with Crippen LogP contribution in [-0.4, -0.2) is 23.4 Å². The number of carbonyl (C=O) groups excluding carboxylic acids is 1. The van der Waals surface area contributed by atoms with E-state index in [1.807, 2.05) is 12.1 Å². The Balaban J connectivity index is 1.82. The Labute approximate surface area is 95.8 Å². The highest BCUT2D eigenvalue weighted by Gasteiger charge is 2.32. The third-order valence-corrected chi connectivity index (χ3v) is 3.68. The van der Waals surface area contributed by atoms with Gasteiger partial charge >= 0.3 is 0 Å². The first-order valence-electron chi connectivity index (χ1n) is 6.28. The summed E-state index contributed by atoms with van der Waals surface area (Å²) in [5.41, 5.74) is 0.939. The van der Waals surface area contributed by atoms with Crippen molar-refractivity contribution >= 4 is 5.78 Å². The van der Waals surface area contributed by atoms with Gasteiger partial charge in [-0.3, -0.25) is 4.79 Å². The lowest BCUT2D eigenvalue weighted by Crippen LogP contribution is -2.30. The molecule has 2 aliphatic rings. The minimum absolute atomic E-state index is 0.329. The fourth-order valence-corrected chi connectivity index (χ4v) is 2.56. The van der Waals surface area contributed by atoms with Crippen LogP contribution in [0.25, 0.3) is 0 Å². The van der Waals surface area contributed by atoms with Gasteiger partial charge in [-0.25, -0.2) is 0 Å². The Morgan fingerprint density at radius 1 is 1.25 bits per heavy atom. The van der Waals surface area contributed by atoms with Crippen LogP contribution in [-0.2, 0) is 0 Å². The summed E-state index contributed by atoms with van der Waals surface area (Å²) in [7, 11) is 0. The predicted octanol–water partition coefficient (Wildman–Crippen LogP) is 2.01. The van der Waals surface area contributed by atoms with Gasteiger partial charge in [0.25, 0.3) is 0 Å². The molecule has 0 spiro atoms. The Hall–Kier alpha value is -1.09. The van der Waals surface area contributed by atoms with Gasteiger partial charge in [0.15, 0.2) is 5.78 Å². The number of aromatic nitrogens is 1. The number of hydrogen-bond acceptors (Lipinski definition) is 2. The summed E-state index contributed by atoms with van der Waals surface area (Å²) >= 11 is 0. The fraction of sp³-hybridized carbons (Fsp3) is 0.615. The first kappa shape index (κ1) is 10.1. The molecule has 86 valence electrons. The molecule has 0 atom stereocenters. The highest BCUT2D eigenvalue weighted by atomic mass is 16.1. The van der Waals surface area contributed by atoms with Crippen LogP contribution in [0.2, 0.25) is 0 Å². The Kier molecular flexibility index (Phi) is 2.56. The normalized spacial score (nSPS) is 22.2. The number of piperidine rings is 1. The standard InChI is InChI=1S/C13H18N2O/c16-13(10-3-4-10)12-2-1-9-15(12)11-5-7-14-8-6-11/h1-2,9-11,14H,3-8H2. The van der Waals surface area contributed by atoms with E-state index in [0.717, 1.165) is 44.5 Å². The zero-order chi connectivity index (χ0) is 11.0. The molecular formula is C13H18N2O. The van der Waals surface area contributed by atoms with Crippen LogP contribution in [0.3, 0.4) is 0 Å². The third-order valence-electron chi connectivity index (χ3n) is 3.68. The van der Waals surface area contributed by atoms with Gasteiger partial charge < -0.3 is 9.88 Å². The fourth-order valence-electron chi connectivity index (χ4n) is 2.56. The van der Waals surface area contributed by atoms with E-state index in [1.165, 1.54) is 0 Å². The minimum Gasteiger partial charge on any atom is -0.342 e. The molecule has 1 saturated heterocycles. The molecule has 1 N–H and O–H groups in total. The second kappa shape index (κ2) is 4.06. The second-order valence-corrected chi connectivity index (χ2v) is 4.92. The molecule has 16 heavy (non-hydrogen) atoms. The number of nitrogens with one attached hydrogen (secondary N) is 1. The average Bonchev–Trinajstić information content (AvgIpc) is 3.06. The molecule has 3 heteroatoms. The van der Waals surface area contributed by atoms with E-state index in [0.29, 0.717) is 17.7 Å². The topological polar surface area (TPSA) is 34.0 Å². The molecule has 0 radical (unpaired) electrons. The summed E-state index contributed by atoms with van der Waals surface area (Å²) in [4.78, 5) is 12.1. The number of hydrogen-bond donors (Lipinski definition) is 1. The van der Waals surface area contributed by atoms with Crippen molar-refractivity contribution in [2.45, 2.75) is 31.7 Å². The Bertz CT molecular complexity index is 386. The van der Waals surface area contributed by atoms with E-state index in [1.54, 1.807) is 0 Å². The van der Waals surface area contributed by atoms with Crippen molar-refractivity contribution in [3.8, 4) is 0 Å². The van der Waals surface area contributed by atoms with Gasteiger partial charge in [0.2, 0.25) is 0 Å². The van der Waals surface area contributed by atoms with Crippen LogP contribution in [0.4, 0.5) is 0 Å². The molecule has 3 rings (SSSR count). The van der Waals surface area contributed by atoms with Gasteiger partial charge in [0, 0.05) is 18.2 Å². The summed E-state index contributed by atoms with van der Waals surface area (Å²) in [5.74, 6) is 0.693. The lowest BCUT2D eigenvalue weighted by molar-refractivity contribution is 0.0955. The van der Waals surface area contributed by atoms with E-state index in [9.17, 15) is 4.79 Å². The first-order chi connectivity index (χ1) is 7.86. The van der Waals surface area contributed by atoms with E-state index in [-0.39, 0.29) is 0 Å². The number of Topliss-reactive ketones (excluding diaryl/α,β-unsaturated/α-hetero) is 1. The van der Waals surface area contributed by atoms with E-state index in [2.05, 4.69) is 16.1 Å². The number of ketones is 1. The maximum atomic E-state index is 12.1. The Morgan fingerprint density at radius 2 is 2.00 bits per heavy atom. The molecule has 1 aliphatic heterocycles. The maximum Gasteiger partial charge on any atom is 0.182 e. The summed E-state index contributed by atoms with van der Waals surface area (Å²) in [5, 5.41) is 3.36. The minimum atomic E-state index is 0.329. The summed E-state index contributed by atoms with van der Waals surface area (Å²) < 4.78 is 2.21. The van der Waals surface area contributed by atoms with Gasteiger partial charge in [-0.15, -0.1) is 0 Å². The van der Waals surface area contributed by atoms with Crippen LogP contribution in [0, 0.1) is 5.92 Å². The molecule has 0 unspecified atom stereocenters. The van der Waals surface area contributed by atoms with Gasteiger partial charge in [-0.1, -0.05) is 0 Å². The SMILES string of the molecule is O=C(c1cccn1C1CCNCC1)C1CC1. The summed E-state index contributed by atoms with van der Waals surface area (Å²) in [6.45, 7) is 2.14. The predicted molar refractivity (Wildman–Crippen MR) is 62.6 cm³/mol. The lowest BCUT2D eigenvalue weighted by Gasteiger charge is -2.25. The highest BCUT2D eigenvalue weighted by Crippen LogP contribution is 2.34. The molecule has 0 amide bonds. The van der Waals surface area contributed by atoms with Crippen LogP contribution in [0.1, 0.15) is 42.2 Å². The highest BCUT2D eigenvalue weighted by molar-refractivity contribution is 5.98. The molecule has 1 saturated carbocycles. The van der Waals surface area contributed by atoms with Gasteiger partial charge in [0.1, 0.15) is 0 Å². The largest absolute Gasteiger partial charge is 0.342 e. The lowest BCUT2D eigenvalue weighted by atomic mass is 10.1. The molecule has 2 heterocycles. The van der Waals surface area contributed by atoms with Crippen molar-refractivity contribution in [2.24, 2.45) is 5.92 Å². The smallest absolute Gasteiger partial charge is 0.182 e. The Morgan fingerprint density at radius 3 is 2.69 bits per heavy atom. The first-order valence-corrected chi connectivity index (χ1v) is 6.28. The molecule has 2 fully saturated rings. The van der Waals surface area contributed by atoms with Crippen molar-refractivity contribution in [1.82, 2.24) is 9.88 Å². The van der Waals surface area contributed by atoms with Crippen LogP contribution >= 0.6 is 0 Å². The van der Waals surface area contributed by atoms with Crippen molar-refractivity contribution in [3.63, 3.8) is 0 Å². The van der Waals surface area contributed by atoms with Gasteiger partial charge in [0.05, 0.1) is 5.69 Å². The average molecular weight is 218 g/mol. The zero-order valence-corrected chi connectivity index (χ0v) is 9.48. The van der Waals surface area contributed by atoms with Crippen molar-refractivity contribution in [1.29, 1.82) is 0 Å². The second-order valence-electron chi connectivity index (χ2n) is 4.92. The molecule has 1 aromatic heterocycles. The zero-order valence-electron chi connectivity index (χ0n) is 9.48. The van der Waals surface area contributed by atoms with Crippen LogP contribution < -0.4 is 5.32 Å². The quantitative estimate of drug-likeness (QED) is 0.787. The van der Waals surface area contributed by atoms with E-state index >= 15 is 0 Å². The molecule has 0 aromatic carbocycles. The molecule has 1 aliphatic carbocycles. The van der Waals surface area contributed by atoms with Crippen molar-refractivity contribution in [3.05, 3.63) is 24.0 Å². The van der Waals surface area contributed by atoms with Crippen LogP contribution in [0.5, 0.6) is 0 Å². The molecule has 0 bridgehead atoms. The molecule has 3 nitrogen and oxygen atoms in total. The van der Waals surface area contributed by atoms with Gasteiger partial charge in [-0.05, 0) is 50.9 Å². The third kappa shape index (κ3) is 1.80. The maximum absolute atomic E-state index is 12.1. The monoisotopic (exact) mass is 218 g/mol.